The van der Waals surface area contributed by atoms with Crippen LogP contribution in [0.1, 0.15) is 5.56 Å². The van der Waals surface area contributed by atoms with Crippen LogP contribution in [0.25, 0.3) is 0 Å². The molecule has 0 aliphatic carbocycles. The molecule has 19 heavy (non-hydrogen) atoms. The van der Waals surface area contributed by atoms with Crippen LogP contribution in [0.4, 0.5) is 11.4 Å². The molecule has 0 aliphatic heterocycles. The van der Waals surface area contributed by atoms with Crippen molar-refractivity contribution in [2.45, 2.75) is 11.4 Å². The number of anilines is 2. The van der Waals surface area contributed by atoms with Gasteiger partial charge in [0.15, 0.2) is 0 Å². The molecule has 0 bridgehead atoms. The van der Waals surface area contributed by atoms with Gasteiger partial charge in [-0.2, -0.15) is 0 Å². The zero-order valence-corrected chi connectivity index (χ0v) is 11.0. The van der Waals surface area contributed by atoms with Crippen molar-refractivity contribution in [2.75, 3.05) is 11.1 Å². The van der Waals surface area contributed by atoms with Crippen molar-refractivity contribution in [3.8, 4) is 0 Å². The van der Waals surface area contributed by atoms with Crippen LogP contribution < -0.4 is 16.2 Å². The Hall–Kier alpha value is -2.05. The Balaban J connectivity index is 2.23. The molecule has 2 rings (SSSR count). The van der Waals surface area contributed by atoms with E-state index in [0.29, 0.717) is 12.2 Å². The van der Waals surface area contributed by atoms with Crippen LogP contribution in [0.5, 0.6) is 0 Å². The predicted octanol–water partition coefficient (Wildman–Crippen LogP) is 1.53. The van der Waals surface area contributed by atoms with Crippen LogP contribution in [-0.2, 0) is 16.6 Å². The molecule has 0 heterocycles. The second kappa shape index (κ2) is 5.29. The summed E-state index contributed by atoms with van der Waals surface area (Å²) < 4.78 is 22.7. The Morgan fingerprint density at radius 2 is 1.68 bits per heavy atom. The molecule has 0 radical (unpaired) electrons. The third kappa shape index (κ3) is 3.24. The van der Waals surface area contributed by atoms with Gasteiger partial charge < -0.3 is 11.1 Å². The first-order valence-electron chi connectivity index (χ1n) is 5.67. The summed E-state index contributed by atoms with van der Waals surface area (Å²) in [6.45, 7) is 0.555. The van der Waals surface area contributed by atoms with Gasteiger partial charge in [-0.15, -0.1) is 0 Å². The Kier molecular flexibility index (Phi) is 3.73. The van der Waals surface area contributed by atoms with E-state index in [9.17, 15) is 8.42 Å². The molecule has 6 heteroatoms. The van der Waals surface area contributed by atoms with E-state index in [1.165, 1.54) is 6.07 Å². The molecule has 5 nitrogen and oxygen atoms in total. The van der Waals surface area contributed by atoms with Crippen molar-refractivity contribution >= 4 is 21.4 Å². The molecule has 0 aromatic heterocycles. The van der Waals surface area contributed by atoms with E-state index in [1.807, 2.05) is 30.3 Å². The highest BCUT2D eigenvalue weighted by molar-refractivity contribution is 7.89. The second-order valence-electron chi connectivity index (χ2n) is 4.10. The van der Waals surface area contributed by atoms with Gasteiger partial charge in [0.25, 0.3) is 0 Å². The summed E-state index contributed by atoms with van der Waals surface area (Å²) >= 11 is 0. The van der Waals surface area contributed by atoms with Crippen LogP contribution >= 0.6 is 0 Å². The van der Waals surface area contributed by atoms with Crippen LogP contribution in [0.3, 0.4) is 0 Å². The number of nitrogen functional groups attached to an aromatic ring is 1. The van der Waals surface area contributed by atoms with Gasteiger partial charge in [0.05, 0.1) is 11.4 Å². The SMILES string of the molecule is Nc1c(NCc2ccccc2)cccc1S(N)(=O)=O. The largest absolute Gasteiger partial charge is 0.396 e. The molecule has 2 aromatic rings. The van der Waals surface area contributed by atoms with Crippen molar-refractivity contribution in [2.24, 2.45) is 5.14 Å². The number of hydrogen-bond acceptors (Lipinski definition) is 4. The van der Waals surface area contributed by atoms with E-state index >= 15 is 0 Å². The molecule has 100 valence electrons. The maximum atomic E-state index is 11.4. The second-order valence-corrected chi connectivity index (χ2v) is 5.63. The van der Waals surface area contributed by atoms with E-state index in [2.05, 4.69) is 5.32 Å². The molecule has 0 saturated heterocycles. The van der Waals surface area contributed by atoms with E-state index in [0.717, 1.165) is 5.56 Å². The van der Waals surface area contributed by atoms with Crippen LogP contribution in [0.15, 0.2) is 53.4 Å². The molecule has 5 N–H and O–H groups in total. The van der Waals surface area contributed by atoms with Gasteiger partial charge >= 0.3 is 0 Å². The first-order chi connectivity index (χ1) is 8.98. The van der Waals surface area contributed by atoms with Crippen molar-refractivity contribution in [1.29, 1.82) is 0 Å². The maximum absolute atomic E-state index is 11.4. The summed E-state index contributed by atoms with van der Waals surface area (Å²) in [5.41, 5.74) is 7.58. The summed E-state index contributed by atoms with van der Waals surface area (Å²) in [6.07, 6.45) is 0. The average Bonchev–Trinajstić information content (AvgIpc) is 2.37. The fraction of sp³-hybridized carbons (Fsp3) is 0.0769. The van der Waals surface area contributed by atoms with Crippen molar-refractivity contribution < 1.29 is 8.42 Å². The zero-order chi connectivity index (χ0) is 13.9. The molecule has 0 amide bonds. The lowest BCUT2D eigenvalue weighted by Gasteiger charge is -2.11. The number of nitrogens with one attached hydrogen (secondary N) is 1. The number of para-hydroxylation sites is 1. The van der Waals surface area contributed by atoms with Gasteiger partial charge in [0.2, 0.25) is 10.0 Å². The minimum atomic E-state index is -3.80. The van der Waals surface area contributed by atoms with Gasteiger partial charge in [0.1, 0.15) is 4.90 Å². The number of nitrogens with two attached hydrogens (primary N) is 2. The molecule has 0 atom stereocenters. The molecular formula is C13H15N3O2S. The lowest BCUT2D eigenvalue weighted by atomic mass is 10.2. The highest BCUT2D eigenvalue weighted by atomic mass is 32.2. The topological polar surface area (TPSA) is 98.2 Å². The summed E-state index contributed by atoms with van der Waals surface area (Å²) in [5.74, 6) is 0. The van der Waals surface area contributed by atoms with Crippen molar-refractivity contribution in [1.82, 2.24) is 0 Å². The summed E-state index contributed by atoms with van der Waals surface area (Å²) in [7, 11) is -3.80. The number of hydrogen-bond donors (Lipinski definition) is 3. The van der Waals surface area contributed by atoms with Crippen molar-refractivity contribution in [3.05, 3.63) is 54.1 Å². The molecule has 2 aromatic carbocycles. The van der Waals surface area contributed by atoms with Gasteiger partial charge in [0, 0.05) is 6.54 Å². The lowest BCUT2D eigenvalue weighted by molar-refractivity contribution is 0.598. The summed E-state index contributed by atoms with van der Waals surface area (Å²) in [5, 5.41) is 8.19. The Labute approximate surface area is 112 Å². The summed E-state index contributed by atoms with van der Waals surface area (Å²) in [4.78, 5) is -0.0643. The quantitative estimate of drug-likeness (QED) is 0.738. The van der Waals surface area contributed by atoms with E-state index in [1.54, 1.807) is 12.1 Å². The smallest absolute Gasteiger partial charge is 0.240 e. The van der Waals surface area contributed by atoms with Crippen LogP contribution in [-0.4, -0.2) is 8.42 Å². The number of rotatable bonds is 4. The Morgan fingerprint density at radius 1 is 1.00 bits per heavy atom. The first-order valence-corrected chi connectivity index (χ1v) is 7.22. The molecule has 0 fully saturated rings. The van der Waals surface area contributed by atoms with Gasteiger partial charge in [-0.3, -0.25) is 0 Å². The molecule has 0 spiro atoms. The third-order valence-electron chi connectivity index (χ3n) is 2.70. The lowest BCUT2D eigenvalue weighted by Crippen LogP contribution is -2.15. The average molecular weight is 277 g/mol. The monoisotopic (exact) mass is 277 g/mol. The van der Waals surface area contributed by atoms with Crippen LogP contribution in [0, 0.1) is 0 Å². The van der Waals surface area contributed by atoms with Crippen LogP contribution in [0.2, 0.25) is 0 Å². The number of primary sulfonamides is 1. The summed E-state index contributed by atoms with van der Waals surface area (Å²) in [6, 6.07) is 14.4. The number of sulfonamides is 1. The van der Waals surface area contributed by atoms with Gasteiger partial charge in [-0.05, 0) is 17.7 Å². The Morgan fingerprint density at radius 3 is 2.32 bits per heavy atom. The molecular weight excluding hydrogens is 262 g/mol. The van der Waals surface area contributed by atoms with E-state index < -0.39 is 10.0 Å². The minimum absolute atomic E-state index is 0.0643. The minimum Gasteiger partial charge on any atom is -0.396 e. The molecule has 0 aliphatic rings. The normalized spacial score (nSPS) is 11.2. The number of benzene rings is 2. The molecule has 0 saturated carbocycles. The third-order valence-corrected chi connectivity index (χ3v) is 3.67. The highest BCUT2D eigenvalue weighted by Crippen LogP contribution is 2.26. The maximum Gasteiger partial charge on any atom is 0.240 e. The standard InChI is InChI=1S/C13H15N3O2S/c14-13-11(7-4-8-12(13)19(15,17)18)16-9-10-5-2-1-3-6-10/h1-8,16H,9,14H2,(H2,15,17,18). The fourth-order valence-corrected chi connectivity index (χ4v) is 2.42. The van der Waals surface area contributed by atoms with Crippen molar-refractivity contribution in [3.63, 3.8) is 0 Å². The first kappa shape index (κ1) is 13.4. The molecule has 0 unspecified atom stereocenters. The fourth-order valence-electron chi connectivity index (χ4n) is 1.74. The van der Waals surface area contributed by atoms with E-state index in [4.69, 9.17) is 10.9 Å². The predicted molar refractivity (Wildman–Crippen MR) is 76.0 cm³/mol. The Bertz CT molecular complexity index is 670. The van der Waals surface area contributed by atoms with Gasteiger partial charge in [-0.1, -0.05) is 36.4 Å². The zero-order valence-electron chi connectivity index (χ0n) is 10.2. The highest BCUT2D eigenvalue weighted by Gasteiger charge is 2.14. The van der Waals surface area contributed by atoms with Gasteiger partial charge in [-0.25, -0.2) is 13.6 Å². The van der Waals surface area contributed by atoms with E-state index in [-0.39, 0.29) is 10.6 Å².